The number of aromatic nitrogens is 2. The van der Waals surface area contributed by atoms with Gasteiger partial charge in [0.1, 0.15) is 5.78 Å². The second kappa shape index (κ2) is 7.52. The molecule has 0 spiro atoms. The van der Waals surface area contributed by atoms with Gasteiger partial charge in [0.25, 0.3) is 0 Å². The van der Waals surface area contributed by atoms with Gasteiger partial charge in [-0.25, -0.2) is 0 Å². The number of phenols is 2. The number of hydrogen-bond donors (Lipinski definition) is 2. The Balaban J connectivity index is 0.00000220. The Hall–Kier alpha value is -1.46. The van der Waals surface area contributed by atoms with Crippen LogP contribution in [0.4, 0.5) is 0 Å². The van der Waals surface area contributed by atoms with Crippen LogP contribution in [-0.4, -0.2) is 25.5 Å². The Morgan fingerprint density at radius 3 is 2.76 bits per heavy atom. The summed E-state index contributed by atoms with van der Waals surface area (Å²) in [5.74, 6) is -0.551. The molecule has 5 nitrogen and oxygen atoms in total. The van der Waals surface area contributed by atoms with Crippen molar-refractivity contribution in [3.05, 3.63) is 48.4 Å². The molecule has 1 radical (unpaired) electrons. The minimum atomic E-state index is -0.214. The summed E-state index contributed by atoms with van der Waals surface area (Å²) < 4.78 is 1.53. The van der Waals surface area contributed by atoms with Gasteiger partial charge in [0, 0.05) is 38.3 Å². The van der Waals surface area contributed by atoms with Gasteiger partial charge in [0.2, 0.25) is 0 Å². The molecule has 0 saturated heterocycles. The topological polar surface area (TPSA) is 75.3 Å². The van der Waals surface area contributed by atoms with Crippen LogP contribution in [-0.2, 0) is 39.3 Å². The number of hydrogen-bond acceptors (Lipinski definition) is 4. The SMILES string of the molecule is [CH2-]Cn1[c-]nc(/C=C/c2cccc(O)c2O)c1C(C)=O.[Y]. The number of imidazole rings is 1. The summed E-state index contributed by atoms with van der Waals surface area (Å²) in [5.41, 5.74) is 1.29. The molecule has 0 saturated carbocycles. The van der Waals surface area contributed by atoms with E-state index in [-0.39, 0.29) is 50.0 Å². The zero-order chi connectivity index (χ0) is 14.7. The molecule has 2 N–H and O–H groups in total. The predicted molar refractivity (Wildman–Crippen MR) is 75.1 cm³/mol. The maximum Gasteiger partial charge on any atom is 0.164 e. The normalized spacial score (nSPS) is 10.6. The van der Waals surface area contributed by atoms with Crippen molar-refractivity contribution in [1.29, 1.82) is 0 Å². The van der Waals surface area contributed by atoms with Crippen molar-refractivity contribution in [2.24, 2.45) is 0 Å². The number of rotatable bonds is 4. The number of Topliss-reactive ketones (excluding diaryl/α,β-unsaturated/α-hetero) is 1. The zero-order valence-electron chi connectivity index (χ0n) is 11.6. The van der Waals surface area contributed by atoms with Crippen LogP contribution >= 0.6 is 0 Å². The van der Waals surface area contributed by atoms with Gasteiger partial charge in [-0.3, -0.25) is 0 Å². The zero-order valence-corrected chi connectivity index (χ0v) is 14.4. The summed E-state index contributed by atoms with van der Waals surface area (Å²) in [5, 5.41) is 19.1. The number of carbonyl (C=O) groups excluding carboxylic acids is 1. The fourth-order valence-electron chi connectivity index (χ4n) is 1.86. The molecular weight excluding hydrogens is 345 g/mol. The number of benzene rings is 1. The molecule has 1 aromatic carbocycles. The van der Waals surface area contributed by atoms with E-state index < -0.39 is 0 Å². The van der Waals surface area contributed by atoms with Crippen LogP contribution in [0.15, 0.2) is 18.2 Å². The quantitative estimate of drug-likeness (QED) is 0.499. The molecule has 2 rings (SSSR count). The van der Waals surface area contributed by atoms with Crippen LogP contribution in [0, 0.1) is 13.3 Å². The number of nitrogens with zero attached hydrogens (tertiary/aromatic N) is 2. The Kier molecular flexibility index (Phi) is 6.30. The Morgan fingerprint density at radius 2 is 2.14 bits per heavy atom. The first kappa shape index (κ1) is 17.6. The van der Waals surface area contributed by atoms with Gasteiger partial charge in [-0.1, -0.05) is 23.9 Å². The Morgan fingerprint density at radius 1 is 1.43 bits per heavy atom. The van der Waals surface area contributed by atoms with Crippen LogP contribution in [0.3, 0.4) is 0 Å². The smallest absolute Gasteiger partial charge is 0.164 e. The van der Waals surface area contributed by atoms with E-state index in [4.69, 9.17) is 0 Å². The molecule has 6 heteroatoms. The average molecular weight is 359 g/mol. The summed E-state index contributed by atoms with van der Waals surface area (Å²) in [6.45, 7) is 5.50. The summed E-state index contributed by atoms with van der Waals surface area (Å²) in [6.07, 6.45) is 5.85. The van der Waals surface area contributed by atoms with E-state index in [1.54, 1.807) is 24.3 Å². The van der Waals surface area contributed by atoms with Gasteiger partial charge in [-0.15, -0.1) is 12.6 Å². The molecule has 1 aromatic heterocycles. The van der Waals surface area contributed by atoms with Crippen molar-refractivity contribution in [2.45, 2.75) is 13.5 Å². The van der Waals surface area contributed by atoms with Gasteiger partial charge in [0.05, 0.1) is 0 Å². The minimum absolute atomic E-state index is 0. The van der Waals surface area contributed by atoms with Crippen LogP contribution in [0.2, 0.25) is 0 Å². The average Bonchev–Trinajstić information content (AvgIpc) is 2.83. The summed E-state index contributed by atoms with van der Waals surface area (Å²) in [4.78, 5) is 15.6. The molecular formula is C15H14N2O3Y-2. The predicted octanol–water partition coefficient (Wildman–Crippen LogP) is 2.30. The fraction of sp³-hybridized carbons (Fsp3) is 0.133. The first-order valence-electron chi connectivity index (χ1n) is 6.02. The van der Waals surface area contributed by atoms with E-state index in [0.29, 0.717) is 23.5 Å². The van der Waals surface area contributed by atoms with Crippen molar-refractivity contribution in [3.63, 3.8) is 0 Å². The summed E-state index contributed by atoms with van der Waals surface area (Å²) >= 11 is 0. The second-order valence-corrected chi connectivity index (χ2v) is 4.20. The van der Waals surface area contributed by atoms with E-state index in [0.717, 1.165) is 0 Å². The molecule has 0 atom stereocenters. The van der Waals surface area contributed by atoms with Crippen molar-refractivity contribution >= 4 is 17.9 Å². The van der Waals surface area contributed by atoms with Gasteiger partial charge in [-0.2, -0.15) is 0 Å². The van der Waals surface area contributed by atoms with Crippen molar-refractivity contribution in [1.82, 2.24) is 9.55 Å². The van der Waals surface area contributed by atoms with Crippen LogP contribution < -0.4 is 0 Å². The third-order valence-corrected chi connectivity index (χ3v) is 2.83. The molecule has 0 amide bonds. The third-order valence-electron chi connectivity index (χ3n) is 2.83. The monoisotopic (exact) mass is 359 g/mol. The number of para-hydroxylation sites is 1. The number of ketones is 1. The molecule has 0 aliphatic carbocycles. The van der Waals surface area contributed by atoms with Crippen molar-refractivity contribution in [2.75, 3.05) is 0 Å². The van der Waals surface area contributed by atoms with E-state index in [1.807, 2.05) is 0 Å². The molecule has 0 bridgehead atoms. The molecule has 107 valence electrons. The van der Waals surface area contributed by atoms with Crippen molar-refractivity contribution in [3.8, 4) is 11.5 Å². The van der Waals surface area contributed by atoms with Crippen molar-refractivity contribution < 1.29 is 47.7 Å². The van der Waals surface area contributed by atoms with E-state index in [1.165, 1.54) is 17.6 Å². The standard InChI is InChI=1S/C15H14N2O3.Y/c1-3-17-9-16-12(14(17)10(2)18)8-7-11-5-4-6-13(19)15(11)20;/h4-8,19-20H,1,3H2,2H3;/q-2;/b8-7+;. The van der Waals surface area contributed by atoms with Gasteiger partial charge < -0.3 is 31.5 Å². The van der Waals surface area contributed by atoms with Gasteiger partial charge >= 0.3 is 0 Å². The summed E-state index contributed by atoms with van der Waals surface area (Å²) in [7, 11) is 0. The molecule has 0 unspecified atom stereocenters. The number of aromatic hydroxyl groups is 2. The number of phenolic OH excluding ortho intramolecular Hbond substituents is 2. The fourth-order valence-corrected chi connectivity index (χ4v) is 1.86. The molecule has 1 heterocycles. The molecule has 0 aliphatic heterocycles. The summed E-state index contributed by atoms with van der Waals surface area (Å²) in [6, 6.07) is 4.64. The Bertz CT molecular complexity index is 678. The Labute approximate surface area is 148 Å². The van der Waals surface area contributed by atoms with Crippen LogP contribution in [0.1, 0.15) is 28.7 Å². The van der Waals surface area contributed by atoms with E-state index in [9.17, 15) is 15.0 Å². The largest absolute Gasteiger partial charge is 0.504 e. The molecule has 0 aliphatic rings. The minimum Gasteiger partial charge on any atom is -0.504 e. The van der Waals surface area contributed by atoms with E-state index >= 15 is 0 Å². The third kappa shape index (κ3) is 3.80. The van der Waals surface area contributed by atoms with Gasteiger partial charge in [-0.05, 0) is 25.0 Å². The molecule has 21 heavy (non-hydrogen) atoms. The maximum atomic E-state index is 11.6. The molecule has 2 aromatic rings. The van der Waals surface area contributed by atoms with Crippen LogP contribution in [0.25, 0.3) is 12.2 Å². The first-order valence-corrected chi connectivity index (χ1v) is 6.02. The van der Waals surface area contributed by atoms with Crippen LogP contribution in [0.5, 0.6) is 11.5 Å². The number of carbonyl (C=O) groups is 1. The van der Waals surface area contributed by atoms with E-state index in [2.05, 4.69) is 18.2 Å². The molecule has 0 fully saturated rings. The van der Waals surface area contributed by atoms with Gasteiger partial charge in [0.15, 0.2) is 11.5 Å². The first-order chi connectivity index (χ1) is 9.54. The second-order valence-electron chi connectivity index (χ2n) is 4.20. The maximum absolute atomic E-state index is 11.6.